The molecular weight excluding hydrogens is 280 g/mol. The Kier molecular flexibility index (Phi) is 5.13. The minimum absolute atomic E-state index is 0.205. The maximum atomic E-state index is 11.1. The lowest BCUT2D eigenvalue weighted by Crippen LogP contribution is -2.31. The van der Waals surface area contributed by atoms with Crippen LogP contribution in [0.5, 0.6) is 0 Å². The molecule has 1 N–H and O–H groups in total. The highest BCUT2D eigenvalue weighted by atomic mass is 16.2. The maximum Gasteiger partial charge on any atom is 0.365 e. The second-order valence-electron chi connectivity index (χ2n) is 4.53. The number of benzene rings is 1. The van der Waals surface area contributed by atoms with E-state index in [-0.39, 0.29) is 11.5 Å². The first-order valence-corrected chi connectivity index (χ1v) is 7.02. The van der Waals surface area contributed by atoms with Crippen LogP contribution >= 0.6 is 0 Å². The normalized spacial score (nSPS) is 16.4. The van der Waals surface area contributed by atoms with Crippen LogP contribution in [0.2, 0.25) is 0 Å². The summed E-state index contributed by atoms with van der Waals surface area (Å²) in [6.07, 6.45) is 1.60. The number of nitrogens with one attached hydrogen (secondary N) is 1. The molecule has 0 aliphatic carbocycles. The first kappa shape index (κ1) is 15.6. The largest absolute Gasteiger partial charge is 0.372 e. The minimum Gasteiger partial charge on any atom is -0.372 e. The van der Waals surface area contributed by atoms with Gasteiger partial charge in [-0.25, -0.2) is 4.79 Å². The Hall–Kier alpha value is -2.83. The van der Waals surface area contributed by atoms with Gasteiger partial charge in [-0.05, 0) is 31.5 Å². The van der Waals surface area contributed by atoms with E-state index in [1.807, 2.05) is 24.3 Å². The topological polar surface area (TPSA) is 81.8 Å². The SMILES string of the molecule is C=C1N=NC(=O)N/C1=N/N=C/c1ccc(N(CC)CC)cc1. The van der Waals surface area contributed by atoms with Crippen LogP contribution in [0.15, 0.2) is 57.0 Å². The standard InChI is InChI=1S/C15H18N6O/c1-4-21(5-2)13-8-6-12(7-9-13)10-16-19-14-11(3)18-20-15(22)17-14/h6-10H,3-5H2,1-2H3,(H,17,19,22)/b16-10+. The van der Waals surface area contributed by atoms with E-state index in [4.69, 9.17) is 0 Å². The molecule has 0 unspecified atom stereocenters. The van der Waals surface area contributed by atoms with Crippen LogP contribution in [-0.4, -0.2) is 31.2 Å². The molecule has 1 aliphatic heterocycles. The van der Waals surface area contributed by atoms with E-state index in [0.29, 0.717) is 0 Å². The van der Waals surface area contributed by atoms with Gasteiger partial charge >= 0.3 is 6.03 Å². The average Bonchev–Trinajstić information content (AvgIpc) is 2.53. The van der Waals surface area contributed by atoms with E-state index in [1.165, 1.54) is 5.69 Å². The van der Waals surface area contributed by atoms with Crippen molar-refractivity contribution >= 4 is 23.8 Å². The predicted molar refractivity (Wildman–Crippen MR) is 87.6 cm³/mol. The number of hydrogen-bond acceptors (Lipinski definition) is 5. The quantitative estimate of drug-likeness (QED) is 0.669. The van der Waals surface area contributed by atoms with Crippen LogP contribution in [0.1, 0.15) is 19.4 Å². The lowest BCUT2D eigenvalue weighted by Gasteiger charge is -2.20. The molecule has 0 bridgehead atoms. The fraction of sp³-hybridized carbons (Fsp3) is 0.267. The number of amidine groups is 1. The summed E-state index contributed by atoms with van der Waals surface area (Å²) in [7, 11) is 0. The molecule has 1 heterocycles. The number of azo groups is 1. The lowest BCUT2D eigenvalue weighted by molar-refractivity contribution is 0.251. The Labute approximate surface area is 129 Å². The molecule has 0 aromatic heterocycles. The number of hydrogen-bond donors (Lipinski definition) is 1. The zero-order chi connectivity index (χ0) is 15.9. The van der Waals surface area contributed by atoms with Crippen molar-refractivity contribution < 1.29 is 4.79 Å². The Morgan fingerprint density at radius 3 is 2.55 bits per heavy atom. The van der Waals surface area contributed by atoms with E-state index in [9.17, 15) is 4.79 Å². The summed E-state index contributed by atoms with van der Waals surface area (Å²) in [6, 6.07) is 7.43. The van der Waals surface area contributed by atoms with Crippen LogP contribution in [0.25, 0.3) is 0 Å². The maximum absolute atomic E-state index is 11.1. The minimum atomic E-state index is -0.579. The fourth-order valence-corrected chi connectivity index (χ4v) is 1.95. The second-order valence-corrected chi connectivity index (χ2v) is 4.53. The molecule has 7 nitrogen and oxygen atoms in total. The summed E-state index contributed by atoms with van der Waals surface area (Å²) in [6.45, 7) is 9.80. The van der Waals surface area contributed by atoms with Crippen molar-refractivity contribution in [3.05, 3.63) is 42.1 Å². The number of urea groups is 1. The van der Waals surface area contributed by atoms with E-state index >= 15 is 0 Å². The molecule has 7 heteroatoms. The van der Waals surface area contributed by atoms with Gasteiger partial charge in [0.1, 0.15) is 5.70 Å². The second kappa shape index (κ2) is 7.26. The van der Waals surface area contributed by atoms with Crippen molar-refractivity contribution in [1.82, 2.24) is 5.32 Å². The molecule has 0 radical (unpaired) electrons. The molecule has 2 rings (SSSR count). The molecule has 0 spiro atoms. The Morgan fingerprint density at radius 2 is 1.91 bits per heavy atom. The van der Waals surface area contributed by atoms with Gasteiger partial charge in [0.15, 0.2) is 5.84 Å². The third-order valence-electron chi connectivity index (χ3n) is 3.15. The Bertz CT molecular complexity index is 641. The highest BCUT2D eigenvalue weighted by Gasteiger charge is 2.13. The van der Waals surface area contributed by atoms with Gasteiger partial charge < -0.3 is 4.90 Å². The van der Waals surface area contributed by atoms with Crippen molar-refractivity contribution in [2.75, 3.05) is 18.0 Å². The summed E-state index contributed by atoms with van der Waals surface area (Å²) < 4.78 is 0. The highest BCUT2D eigenvalue weighted by Crippen LogP contribution is 2.14. The molecule has 0 atom stereocenters. The highest BCUT2D eigenvalue weighted by molar-refractivity contribution is 6.08. The van der Waals surface area contributed by atoms with Gasteiger partial charge in [-0.2, -0.15) is 5.10 Å². The zero-order valence-corrected chi connectivity index (χ0v) is 12.7. The van der Waals surface area contributed by atoms with Crippen molar-refractivity contribution in [1.29, 1.82) is 0 Å². The third-order valence-corrected chi connectivity index (χ3v) is 3.15. The van der Waals surface area contributed by atoms with Crippen molar-refractivity contribution in [3.63, 3.8) is 0 Å². The van der Waals surface area contributed by atoms with Crippen LogP contribution in [0, 0.1) is 0 Å². The first-order chi connectivity index (χ1) is 10.6. The molecule has 1 aromatic carbocycles. The summed E-state index contributed by atoms with van der Waals surface area (Å²) in [5.41, 5.74) is 2.35. The zero-order valence-electron chi connectivity index (χ0n) is 12.7. The van der Waals surface area contributed by atoms with Crippen molar-refractivity contribution in [3.8, 4) is 0 Å². The predicted octanol–water partition coefficient (Wildman–Crippen LogP) is 2.95. The number of amides is 2. The van der Waals surface area contributed by atoms with Crippen molar-refractivity contribution in [2.24, 2.45) is 20.4 Å². The molecule has 0 saturated carbocycles. The lowest BCUT2D eigenvalue weighted by atomic mass is 10.2. The number of nitrogens with zero attached hydrogens (tertiary/aromatic N) is 5. The summed E-state index contributed by atoms with van der Waals surface area (Å²) in [4.78, 5) is 13.3. The van der Waals surface area contributed by atoms with Gasteiger partial charge in [0.2, 0.25) is 0 Å². The fourth-order valence-electron chi connectivity index (χ4n) is 1.95. The summed E-state index contributed by atoms with van der Waals surface area (Å²) in [5.74, 6) is 0.205. The first-order valence-electron chi connectivity index (χ1n) is 7.02. The number of carbonyl (C=O) groups excluding carboxylic acids is 1. The molecule has 22 heavy (non-hydrogen) atoms. The van der Waals surface area contributed by atoms with Gasteiger partial charge in [-0.3, -0.25) is 5.32 Å². The monoisotopic (exact) mass is 298 g/mol. The molecule has 1 aliphatic rings. The molecule has 2 amide bonds. The average molecular weight is 298 g/mol. The molecule has 0 fully saturated rings. The van der Waals surface area contributed by atoms with Crippen LogP contribution in [0.4, 0.5) is 10.5 Å². The number of rotatable bonds is 5. The molecular formula is C15H18N6O. The number of anilines is 1. The van der Waals surface area contributed by atoms with Crippen LogP contribution in [0.3, 0.4) is 0 Å². The smallest absolute Gasteiger partial charge is 0.365 e. The number of carbonyl (C=O) groups is 1. The Balaban J connectivity index is 2.06. The molecule has 0 saturated heterocycles. The van der Waals surface area contributed by atoms with Gasteiger partial charge in [0, 0.05) is 18.8 Å². The van der Waals surface area contributed by atoms with E-state index in [2.05, 4.69) is 51.1 Å². The van der Waals surface area contributed by atoms with Crippen LogP contribution in [-0.2, 0) is 0 Å². The summed E-state index contributed by atoms with van der Waals surface area (Å²) in [5, 5.41) is 17.1. The molecule has 1 aromatic rings. The van der Waals surface area contributed by atoms with Gasteiger partial charge in [0.05, 0.1) is 6.21 Å². The van der Waals surface area contributed by atoms with E-state index < -0.39 is 6.03 Å². The van der Waals surface area contributed by atoms with Gasteiger partial charge in [0.25, 0.3) is 0 Å². The van der Waals surface area contributed by atoms with Crippen LogP contribution < -0.4 is 10.2 Å². The van der Waals surface area contributed by atoms with Gasteiger partial charge in [-0.15, -0.1) is 10.2 Å². The third kappa shape index (κ3) is 3.85. The molecule has 114 valence electrons. The van der Waals surface area contributed by atoms with Crippen molar-refractivity contribution in [2.45, 2.75) is 13.8 Å². The van der Waals surface area contributed by atoms with E-state index in [1.54, 1.807) is 6.21 Å². The Morgan fingerprint density at radius 1 is 1.23 bits per heavy atom. The summed E-state index contributed by atoms with van der Waals surface area (Å²) >= 11 is 0. The van der Waals surface area contributed by atoms with E-state index in [0.717, 1.165) is 18.7 Å². The van der Waals surface area contributed by atoms with Gasteiger partial charge in [-0.1, -0.05) is 23.8 Å².